The van der Waals surface area contributed by atoms with E-state index in [4.69, 9.17) is 9.47 Å². The van der Waals surface area contributed by atoms with Gasteiger partial charge in [-0.2, -0.15) is 0 Å². The van der Waals surface area contributed by atoms with Crippen LogP contribution in [-0.4, -0.2) is 32.5 Å². The maximum absolute atomic E-state index is 5.94. The molecule has 2 atom stereocenters. The Hall–Kier alpha value is -0.900. The average Bonchev–Trinajstić information content (AvgIpc) is 2.83. The summed E-state index contributed by atoms with van der Waals surface area (Å²) in [5.74, 6) is 0.688. The topological polar surface area (TPSA) is 30.5 Å². The van der Waals surface area contributed by atoms with Crippen LogP contribution in [0.4, 0.5) is 0 Å². The van der Waals surface area contributed by atoms with Crippen LogP contribution >= 0.6 is 0 Å². The molecule has 2 aliphatic rings. The second-order valence-corrected chi connectivity index (χ2v) is 6.85. The average molecular weight is 303 g/mol. The van der Waals surface area contributed by atoms with E-state index in [2.05, 4.69) is 37.4 Å². The maximum atomic E-state index is 5.94. The number of hydrogen-bond acceptors (Lipinski definition) is 3. The fourth-order valence-corrected chi connectivity index (χ4v) is 3.69. The van der Waals surface area contributed by atoms with Gasteiger partial charge in [-0.15, -0.1) is 0 Å². The van der Waals surface area contributed by atoms with Gasteiger partial charge < -0.3 is 14.8 Å². The lowest BCUT2D eigenvalue weighted by Gasteiger charge is -2.23. The molecule has 0 aromatic heterocycles. The van der Waals surface area contributed by atoms with Gasteiger partial charge in [0.1, 0.15) is 0 Å². The van der Waals surface area contributed by atoms with E-state index in [0.717, 1.165) is 45.6 Å². The van der Waals surface area contributed by atoms with Crippen molar-refractivity contribution in [1.82, 2.24) is 5.32 Å². The van der Waals surface area contributed by atoms with E-state index in [9.17, 15) is 0 Å². The molecule has 22 heavy (non-hydrogen) atoms. The lowest BCUT2D eigenvalue weighted by molar-refractivity contribution is -0.0323. The fourth-order valence-electron chi connectivity index (χ4n) is 3.69. The van der Waals surface area contributed by atoms with Crippen molar-refractivity contribution in [1.29, 1.82) is 0 Å². The number of rotatable bonds is 6. The zero-order valence-corrected chi connectivity index (χ0v) is 13.9. The summed E-state index contributed by atoms with van der Waals surface area (Å²) in [6, 6.07) is 7.40. The Kier molecular flexibility index (Phi) is 5.51. The van der Waals surface area contributed by atoms with Crippen LogP contribution in [0.15, 0.2) is 18.2 Å². The highest BCUT2D eigenvalue weighted by molar-refractivity contribution is 5.38. The summed E-state index contributed by atoms with van der Waals surface area (Å²) < 4.78 is 11.3. The van der Waals surface area contributed by atoms with Gasteiger partial charge in [0.25, 0.3) is 0 Å². The molecular formula is C19H29NO2. The number of fused-ring (bicyclic) bond motifs is 1. The van der Waals surface area contributed by atoms with Crippen LogP contribution in [0.2, 0.25) is 0 Å². The van der Waals surface area contributed by atoms with Crippen molar-refractivity contribution in [3.05, 3.63) is 34.9 Å². The Bertz CT molecular complexity index is 482. The second kappa shape index (κ2) is 7.58. The van der Waals surface area contributed by atoms with Gasteiger partial charge in [-0.1, -0.05) is 30.7 Å². The summed E-state index contributed by atoms with van der Waals surface area (Å²) in [6.07, 6.45) is 4.81. The molecule has 0 unspecified atom stereocenters. The normalized spacial score (nSPS) is 25.4. The monoisotopic (exact) mass is 303 g/mol. The van der Waals surface area contributed by atoms with Gasteiger partial charge in [-0.3, -0.25) is 0 Å². The smallest absolute Gasteiger partial charge is 0.0619 e. The van der Waals surface area contributed by atoms with E-state index in [0.29, 0.717) is 18.1 Å². The van der Waals surface area contributed by atoms with E-state index in [1.165, 1.54) is 23.1 Å². The van der Waals surface area contributed by atoms with Crippen molar-refractivity contribution in [2.45, 2.75) is 51.7 Å². The molecule has 0 saturated carbocycles. The molecular weight excluding hydrogens is 274 g/mol. The van der Waals surface area contributed by atoms with E-state index in [1.54, 1.807) is 0 Å². The first-order chi connectivity index (χ1) is 10.7. The van der Waals surface area contributed by atoms with E-state index in [1.807, 2.05) is 0 Å². The molecule has 1 aromatic carbocycles. The van der Waals surface area contributed by atoms with Gasteiger partial charge in [0.2, 0.25) is 0 Å². The van der Waals surface area contributed by atoms with Crippen LogP contribution in [-0.2, 0) is 15.9 Å². The van der Waals surface area contributed by atoms with E-state index >= 15 is 0 Å². The van der Waals surface area contributed by atoms with Crippen LogP contribution in [0, 0.1) is 12.8 Å². The Labute approximate surface area is 134 Å². The minimum absolute atomic E-state index is 0.419. The predicted molar refractivity (Wildman–Crippen MR) is 89.2 cm³/mol. The molecule has 1 saturated heterocycles. The second-order valence-electron chi connectivity index (χ2n) is 6.85. The van der Waals surface area contributed by atoms with Crippen LogP contribution < -0.4 is 5.32 Å². The molecule has 122 valence electrons. The fraction of sp³-hybridized carbons (Fsp3) is 0.684. The van der Waals surface area contributed by atoms with Gasteiger partial charge in [0.15, 0.2) is 0 Å². The molecule has 0 spiro atoms. The summed E-state index contributed by atoms with van der Waals surface area (Å²) in [6.45, 7) is 8.15. The van der Waals surface area contributed by atoms with Crippen molar-refractivity contribution in [3.8, 4) is 0 Å². The SMILES string of the molecule is Cc1ccc2c(c1)[C@@H](NCCCOC1CCOCC1)[C@H](C)C2. The first-order valence-electron chi connectivity index (χ1n) is 8.76. The highest BCUT2D eigenvalue weighted by atomic mass is 16.5. The molecule has 0 amide bonds. The van der Waals surface area contributed by atoms with E-state index < -0.39 is 0 Å². The number of aryl methyl sites for hydroxylation is 1. The summed E-state index contributed by atoms with van der Waals surface area (Å²) in [4.78, 5) is 0. The molecule has 3 nitrogen and oxygen atoms in total. The molecule has 1 aromatic rings. The van der Waals surface area contributed by atoms with Crippen molar-refractivity contribution in [2.24, 2.45) is 5.92 Å². The molecule has 0 radical (unpaired) electrons. The highest BCUT2D eigenvalue weighted by Gasteiger charge is 2.28. The Morgan fingerprint density at radius 2 is 2.09 bits per heavy atom. The lowest BCUT2D eigenvalue weighted by Crippen LogP contribution is -2.27. The predicted octanol–water partition coefficient (Wildman–Crippen LogP) is 3.40. The molecule has 1 aliphatic heterocycles. The minimum atomic E-state index is 0.419. The van der Waals surface area contributed by atoms with Crippen LogP contribution in [0.5, 0.6) is 0 Å². The largest absolute Gasteiger partial charge is 0.381 e. The third-order valence-electron chi connectivity index (χ3n) is 4.95. The number of hydrogen-bond donors (Lipinski definition) is 1. The third-order valence-corrected chi connectivity index (χ3v) is 4.95. The Balaban J connectivity index is 1.41. The highest BCUT2D eigenvalue weighted by Crippen LogP contribution is 2.36. The van der Waals surface area contributed by atoms with Gasteiger partial charge >= 0.3 is 0 Å². The number of nitrogens with one attached hydrogen (secondary N) is 1. The first kappa shape index (κ1) is 16.0. The number of benzene rings is 1. The number of ether oxygens (including phenoxy) is 2. The third kappa shape index (κ3) is 3.89. The molecule has 1 aliphatic carbocycles. The Morgan fingerprint density at radius 3 is 2.91 bits per heavy atom. The van der Waals surface area contributed by atoms with Gasteiger partial charge in [0.05, 0.1) is 6.10 Å². The van der Waals surface area contributed by atoms with Crippen molar-refractivity contribution >= 4 is 0 Å². The van der Waals surface area contributed by atoms with Crippen LogP contribution in [0.1, 0.15) is 48.9 Å². The molecule has 3 rings (SSSR count). The van der Waals surface area contributed by atoms with E-state index in [-0.39, 0.29) is 0 Å². The van der Waals surface area contributed by atoms with Gasteiger partial charge in [0, 0.05) is 25.9 Å². The summed E-state index contributed by atoms with van der Waals surface area (Å²) >= 11 is 0. The summed E-state index contributed by atoms with van der Waals surface area (Å²) in [5.41, 5.74) is 4.40. The van der Waals surface area contributed by atoms with Gasteiger partial charge in [-0.05, 0) is 56.2 Å². The maximum Gasteiger partial charge on any atom is 0.0619 e. The minimum Gasteiger partial charge on any atom is -0.381 e. The van der Waals surface area contributed by atoms with Crippen molar-refractivity contribution in [2.75, 3.05) is 26.4 Å². The van der Waals surface area contributed by atoms with Crippen molar-refractivity contribution < 1.29 is 9.47 Å². The molecule has 3 heteroatoms. The molecule has 1 N–H and O–H groups in total. The van der Waals surface area contributed by atoms with Crippen LogP contribution in [0.3, 0.4) is 0 Å². The zero-order chi connectivity index (χ0) is 15.4. The first-order valence-corrected chi connectivity index (χ1v) is 8.76. The molecule has 0 bridgehead atoms. The van der Waals surface area contributed by atoms with Gasteiger partial charge in [-0.25, -0.2) is 0 Å². The summed E-state index contributed by atoms with van der Waals surface area (Å²) in [5, 5.41) is 3.75. The Morgan fingerprint density at radius 1 is 1.27 bits per heavy atom. The zero-order valence-electron chi connectivity index (χ0n) is 13.9. The lowest BCUT2D eigenvalue weighted by atomic mass is 10.0. The molecule has 1 heterocycles. The molecule has 1 fully saturated rings. The quantitative estimate of drug-likeness (QED) is 0.817. The van der Waals surface area contributed by atoms with Crippen molar-refractivity contribution in [3.63, 3.8) is 0 Å². The summed E-state index contributed by atoms with van der Waals surface area (Å²) in [7, 11) is 0. The standard InChI is InChI=1S/C19H29NO2/c1-14-4-5-16-13-15(2)19(18(16)12-14)20-8-3-9-22-17-6-10-21-11-7-17/h4-5,12,15,17,19-20H,3,6-11,13H2,1-2H3/t15-,19+/m1/s1. The van der Waals surface area contributed by atoms with Crippen LogP contribution in [0.25, 0.3) is 0 Å².